The van der Waals surface area contributed by atoms with E-state index in [2.05, 4.69) is 17.2 Å². The van der Waals surface area contributed by atoms with E-state index in [1.165, 1.54) is 5.56 Å². The molecule has 1 N–H and O–H groups in total. The lowest BCUT2D eigenvalue weighted by Crippen LogP contribution is -2.23. The van der Waals surface area contributed by atoms with Gasteiger partial charge in [0.2, 0.25) is 0 Å². The third-order valence-corrected chi connectivity index (χ3v) is 2.64. The summed E-state index contributed by atoms with van der Waals surface area (Å²) in [6.45, 7) is 0.603. The molecule has 0 radical (unpaired) electrons. The fourth-order valence-corrected chi connectivity index (χ4v) is 1.66. The molecule has 2 rings (SSSR count). The molecule has 2 aromatic carbocycles. The third kappa shape index (κ3) is 4.69. The maximum Gasteiger partial charge on any atom is 0.296 e. The lowest BCUT2D eigenvalue weighted by Gasteiger charge is -2.01. The fourth-order valence-electron chi connectivity index (χ4n) is 1.66. The molecular weight excluding hydrogens is 234 g/mol. The molecule has 0 bridgehead atoms. The lowest BCUT2D eigenvalue weighted by atomic mass is 10.1. The second-order valence-electron chi connectivity index (χ2n) is 4.11. The summed E-state index contributed by atoms with van der Waals surface area (Å²) in [5.41, 5.74) is 2.06. The van der Waals surface area contributed by atoms with Gasteiger partial charge in [0.25, 0.3) is 5.91 Å². The smallest absolute Gasteiger partial charge is 0.296 e. The number of nitrogens with one attached hydrogen (secondary N) is 1. The average Bonchev–Trinajstić information content (AvgIpc) is 2.47. The van der Waals surface area contributed by atoms with Crippen LogP contribution in [0.1, 0.15) is 11.1 Å². The molecule has 0 heterocycles. The van der Waals surface area contributed by atoms with Gasteiger partial charge < -0.3 is 5.32 Å². The first-order valence-electron chi connectivity index (χ1n) is 6.23. The van der Waals surface area contributed by atoms with Crippen molar-refractivity contribution in [3.05, 3.63) is 71.8 Å². The highest BCUT2D eigenvalue weighted by molar-refractivity contribution is 5.94. The summed E-state index contributed by atoms with van der Waals surface area (Å²) in [4.78, 5) is 11.5. The Bertz CT molecular complexity index is 579. The molecule has 0 atom stereocenters. The molecule has 0 aromatic heterocycles. The summed E-state index contributed by atoms with van der Waals surface area (Å²) in [7, 11) is 0. The van der Waals surface area contributed by atoms with Crippen molar-refractivity contribution in [3.63, 3.8) is 0 Å². The van der Waals surface area contributed by atoms with Gasteiger partial charge in [-0.25, -0.2) is 0 Å². The first-order chi connectivity index (χ1) is 9.34. The summed E-state index contributed by atoms with van der Waals surface area (Å²) >= 11 is 0. The minimum absolute atomic E-state index is 0.236. The van der Waals surface area contributed by atoms with Gasteiger partial charge in [0.05, 0.1) is 0 Å². The molecular formula is C17H15NO. The van der Waals surface area contributed by atoms with Gasteiger partial charge in [0, 0.05) is 18.0 Å². The van der Waals surface area contributed by atoms with Crippen molar-refractivity contribution in [1.82, 2.24) is 5.32 Å². The van der Waals surface area contributed by atoms with E-state index < -0.39 is 0 Å². The zero-order valence-electron chi connectivity index (χ0n) is 10.6. The summed E-state index contributed by atoms with van der Waals surface area (Å²) in [6, 6.07) is 19.5. The van der Waals surface area contributed by atoms with Crippen molar-refractivity contribution in [1.29, 1.82) is 0 Å². The Labute approximate surface area is 113 Å². The van der Waals surface area contributed by atoms with Gasteiger partial charge >= 0.3 is 0 Å². The number of rotatable bonds is 3. The average molecular weight is 249 g/mol. The van der Waals surface area contributed by atoms with Crippen LogP contribution in [0.2, 0.25) is 0 Å². The number of hydrogen-bond donors (Lipinski definition) is 1. The Morgan fingerprint density at radius 2 is 1.58 bits per heavy atom. The van der Waals surface area contributed by atoms with Crippen LogP contribution in [0.5, 0.6) is 0 Å². The number of amides is 1. The Kier molecular flexibility index (Phi) is 4.78. The van der Waals surface area contributed by atoms with Gasteiger partial charge in [-0.15, -0.1) is 0 Å². The zero-order valence-corrected chi connectivity index (χ0v) is 10.6. The Morgan fingerprint density at radius 1 is 0.947 bits per heavy atom. The third-order valence-electron chi connectivity index (χ3n) is 2.64. The minimum atomic E-state index is -0.236. The van der Waals surface area contributed by atoms with Crippen LogP contribution in [-0.4, -0.2) is 12.5 Å². The summed E-state index contributed by atoms with van der Waals surface area (Å²) in [5, 5.41) is 2.79. The molecule has 94 valence electrons. The maximum absolute atomic E-state index is 11.5. The molecule has 0 aliphatic carbocycles. The van der Waals surface area contributed by atoms with Crippen molar-refractivity contribution in [2.75, 3.05) is 6.54 Å². The van der Waals surface area contributed by atoms with Crippen LogP contribution in [0.4, 0.5) is 0 Å². The number of carbonyl (C=O) groups excluding carboxylic acids is 1. The fraction of sp³-hybridized carbons (Fsp3) is 0.118. The van der Waals surface area contributed by atoms with Crippen LogP contribution in [0, 0.1) is 11.8 Å². The van der Waals surface area contributed by atoms with Crippen LogP contribution in [0.15, 0.2) is 60.7 Å². The first-order valence-corrected chi connectivity index (χ1v) is 6.23. The van der Waals surface area contributed by atoms with E-state index in [-0.39, 0.29) is 5.91 Å². The lowest BCUT2D eigenvalue weighted by molar-refractivity contribution is -0.115. The molecule has 0 aliphatic rings. The van der Waals surface area contributed by atoms with Gasteiger partial charge in [-0.2, -0.15) is 0 Å². The van der Waals surface area contributed by atoms with E-state index in [9.17, 15) is 4.79 Å². The molecule has 2 nitrogen and oxygen atoms in total. The number of benzene rings is 2. The van der Waals surface area contributed by atoms with Crippen LogP contribution >= 0.6 is 0 Å². The highest BCUT2D eigenvalue weighted by atomic mass is 16.1. The highest BCUT2D eigenvalue weighted by Gasteiger charge is 1.95. The summed E-state index contributed by atoms with van der Waals surface area (Å²) in [5.74, 6) is 5.18. The van der Waals surface area contributed by atoms with Gasteiger partial charge in [-0.05, 0) is 24.1 Å². The van der Waals surface area contributed by atoms with Crippen molar-refractivity contribution in [3.8, 4) is 11.8 Å². The van der Waals surface area contributed by atoms with Gasteiger partial charge in [0.1, 0.15) is 0 Å². The summed E-state index contributed by atoms with van der Waals surface area (Å²) < 4.78 is 0. The Hall–Kier alpha value is -2.53. The SMILES string of the molecule is O=C(C#Cc1ccccc1)NCCc1ccccc1. The highest BCUT2D eigenvalue weighted by Crippen LogP contribution is 1.98. The maximum atomic E-state index is 11.5. The van der Waals surface area contributed by atoms with E-state index in [0.717, 1.165) is 12.0 Å². The Balaban J connectivity index is 1.78. The number of carbonyl (C=O) groups is 1. The molecule has 2 heteroatoms. The first kappa shape index (κ1) is 12.9. The van der Waals surface area contributed by atoms with Crippen LogP contribution in [-0.2, 0) is 11.2 Å². The molecule has 1 amide bonds. The quantitative estimate of drug-likeness (QED) is 0.831. The standard InChI is InChI=1S/C17H15NO/c19-17(12-11-15-7-3-1-4-8-15)18-14-13-16-9-5-2-6-10-16/h1-10H,13-14H2,(H,18,19). The van der Waals surface area contributed by atoms with Gasteiger partial charge in [0.15, 0.2) is 0 Å². The van der Waals surface area contributed by atoms with Crippen molar-refractivity contribution in [2.45, 2.75) is 6.42 Å². The summed E-state index contributed by atoms with van der Waals surface area (Å²) in [6.07, 6.45) is 0.819. The molecule has 0 aliphatic heterocycles. The van der Waals surface area contributed by atoms with Gasteiger partial charge in [-0.1, -0.05) is 54.5 Å². The molecule has 2 aromatic rings. The predicted octanol–water partition coefficient (Wildman–Crippen LogP) is 2.40. The second-order valence-corrected chi connectivity index (χ2v) is 4.11. The van der Waals surface area contributed by atoms with E-state index in [1.807, 2.05) is 60.7 Å². The van der Waals surface area contributed by atoms with E-state index in [4.69, 9.17) is 0 Å². The predicted molar refractivity (Wildman–Crippen MR) is 76.5 cm³/mol. The van der Waals surface area contributed by atoms with Crippen molar-refractivity contribution >= 4 is 5.91 Å². The second kappa shape index (κ2) is 7.03. The van der Waals surface area contributed by atoms with E-state index >= 15 is 0 Å². The molecule has 0 fully saturated rings. The molecule has 19 heavy (non-hydrogen) atoms. The zero-order chi connectivity index (χ0) is 13.3. The Morgan fingerprint density at radius 3 is 2.26 bits per heavy atom. The molecule has 0 saturated carbocycles. The van der Waals surface area contributed by atoms with Crippen LogP contribution in [0.3, 0.4) is 0 Å². The van der Waals surface area contributed by atoms with Crippen LogP contribution < -0.4 is 5.32 Å². The van der Waals surface area contributed by atoms with E-state index in [0.29, 0.717) is 6.54 Å². The minimum Gasteiger partial charge on any atom is -0.345 e. The largest absolute Gasteiger partial charge is 0.345 e. The monoisotopic (exact) mass is 249 g/mol. The van der Waals surface area contributed by atoms with Crippen molar-refractivity contribution < 1.29 is 4.79 Å². The number of hydrogen-bond acceptors (Lipinski definition) is 1. The molecule has 0 saturated heterocycles. The van der Waals surface area contributed by atoms with Crippen LogP contribution in [0.25, 0.3) is 0 Å². The normalized spacial score (nSPS) is 9.26. The molecule has 0 spiro atoms. The van der Waals surface area contributed by atoms with Crippen molar-refractivity contribution in [2.24, 2.45) is 0 Å². The van der Waals surface area contributed by atoms with E-state index in [1.54, 1.807) is 0 Å². The molecule has 0 unspecified atom stereocenters. The van der Waals surface area contributed by atoms with Gasteiger partial charge in [-0.3, -0.25) is 4.79 Å². The topological polar surface area (TPSA) is 29.1 Å².